The molecule has 0 amide bonds. The van der Waals surface area contributed by atoms with E-state index in [1.807, 2.05) is 0 Å². The smallest absolute Gasteiger partial charge is 0.293 e. The largest absolute Gasteiger partial charge is 0.462 e. The molecular formula is C10H20O4. The van der Waals surface area contributed by atoms with Crippen molar-refractivity contribution in [1.29, 1.82) is 0 Å². The van der Waals surface area contributed by atoms with Crippen molar-refractivity contribution in [1.82, 2.24) is 0 Å². The fourth-order valence-corrected chi connectivity index (χ4v) is 1.33. The fraction of sp³-hybridized carbons (Fsp3) is 0.900. The highest BCUT2D eigenvalue weighted by Gasteiger charge is 2.08. The van der Waals surface area contributed by atoms with E-state index in [1.165, 1.54) is 19.3 Å². The molecule has 0 fully saturated rings. The Kier molecular flexibility index (Phi) is 10.0. The summed E-state index contributed by atoms with van der Waals surface area (Å²) < 4.78 is 4.72. The van der Waals surface area contributed by atoms with Crippen molar-refractivity contribution < 1.29 is 19.7 Å². The minimum absolute atomic E-state index is 0.0620. The highest BCUT2D eigenvalue weighted by atomic mass is 17.1. The fourth-order valence-electron chi connectivity index (χ4n) is 1.33. The molecule has 1 atom stereocenters. The summed E-state index contributed by atoms with van der Waals surface area (Å²) in [5, 5.41) is 8.21. The van der Waals surface area contributed by atoms with Gasteiger partial charge in [-0.1, -0.05) is 32.6 Å². The predicted molar refractivity (Wildman–Crippen MR) is 52.9 cm³/mol. The number of unbranched alkanes of at least 4 members (excludes halogenated alkanes) is 4. The molecule has 1 N–H and O–H groups in total. The highest BCUT2D eigenvalue weighted by Crippen LogP contribution is 2.09. The molecule has 14 heavy (non-hydrogen) atoms. The van der Waals surface area contributed by atoms with E-state index in [0.717, 1.165) is 19.3 Å². The summed E-state index contributed by atoms with van der Waals surface area (Å²) in [6, 6.07) is 0. The molecule has 0 aliphatic carbocycles. The minimum Gasteiger partial charge on any atom is -0.462 e. The third-order valence-corrected chi connectivity index (χ3v) is 2.14. The normalized spacial score (nSPS) is 12.4. The zero-order chi connectivity index (χ0) is 10.6. The Bertz CT molecular complexity index is 127. The lowest BCUT2D eigenvalue weighted by atomic mass is 10.1. The van der Waals surface area contributed by atoms with E-state index in [-0.39, 0.29) is 12.7 Å². The quantitative estimate of drug-likeness (QED) is 0.257. The lowest BCUT2D eigenvalue weighted by Crippen LogP contribution is -2.18. The van der Waals surface area contributed by atoms with Crippen molar-refractivity contribution in [3.8, 4) is 0 Å². The Hall–Kier alpha value is -0.610. The van der Waals surface area contributed by atoms with Crippen LogP contribution in [0.25, 0.3) is 0 Å². The first-order valence-electron chi connectivity index (χ1n) is 5.20. The second kappa shape index (κ2) is 10.5. The standard InChI is InChI=1S/C10H20O4/c1-2-3-4-5-6-7-10(8-14-12)13-9-11/h9-10,12H,2-8H2,1H3. The second-order valence-corrected chi connectivity index (χ2v) is 3.35. The van der Waals surface area contributed by atoms with Crippen molar-refractivity contribution in [2.75, 3.05) is 6.61 Å². The summed E-state index contributed by atoms with van der Waals surface area (Å²) in [5.41, 5.74) is 0. The van der Waals surface area contributed by atoms with Gasteiger partial charge in [-0.05, 0) is 12.8 Å². The Morgan fingerprint density at radius 2 is 2.00 bits per heavy atom. The molecule has 0 saturated heterocycles. The Morgan fingerprint density at radius 3 is 2.57 bits per heavy atom. The number of hydrogen-bond acceptors (Lipinski definition) is 4. The highest BCUT2D eigenvalue weighted by molar-refractivity contribution is 5.37. The van der Waals surface area contributed by atoms with Gasteiger partial charge in [-0.25, -0.2) is 4.89 Å². The zero-order valence-corrected chi connectivity index (χ0v) is 8.78. The number of rotatable bonds is 10. The van der Waals surface area contributed by atoms with Crippen LogP contribution in [0.3, 0.4) is 0 Å². The monoisotopic (exact) mass is 204 g/mol. The van der Waals surface area contributed by atoms with Gasteiger partial charge in [0.2, 0.25) is 0 Å². The van der Waals surface area contributed by atoms with Crippen LogP contribution >= 0.6 is 0 Å². The van der Waals surface area contributed by atoms with Gasteiger partial charge >= 0.3 is 0 Å². The third kappa shape index (κ3) is 8.01. The molecule has 0 aliphatic rings. The van der Waals surface area contributed by atoms with Gasteiger partial charge < -0.3 is 4.74 Å². The summed E-state index contributed by atoms with van der Waals surface area (Å²) in [6.07, 6.45) is 6.26. The summed E-state index contributed by atoms with van der Waals surface area (Å²) in [7, 11) is 0. The molecule has 0 saturated carbocycles. The summed E-state index contributed by atoms with van der Waals surface area (Å²) in [6.45, 7) is 2.63. The molecule has 0 spiro atoms. The molecule has 0 aliphatic heterocycles. The zero-order valence-electron chi connectivity index (χ0n) is 8.78. The first-order valence-corrected chi connectivity index (χ1v) is 5.20. The van der Waals surface area contributed by atoms with Gasteiger partial charge in [0.15, 0.2) is 0 Å². The number of hydrogen-bond donors (Lipinski definition) is 1. The van der Waals surface area contributed by atoms with Crippen LogP contribution in [0.1, 0.15) is 45.4 Å². The topological polar surface area (TPSA) is 55.8 Å². The minimum atomic E-state index is -0.306. The Labute approximate surface area is 85.1 Å². The van der Waals surface area contributed by atoms with E-state index in [4.69, 9.17) is 9.99 Å². The van der Waals surface area contributed by atoms with Crippen LogP contribution < -0.4 is 0 Å². The van der Waals surface area contributed by atoms with Gasteiger partial charge in [0, 0.05) is 0 Å². The van der Waals surface area contributed by atoms with Crippen molar-refractivity contribution in [3.05, 3.63) is 0 Å². The maximum atomic E-state index is 10.1. The molecule has 4 heteroatoms. The lowest BCUT2D eigenvalue weighted by Gasteiger charge is -2.12. The molecule has 84 valence electrons. The lowest BCUT2D eigenvalue weighted by molar-refractivity contribution is -0.258. The van der Waals surface area contributed by atoms with Gasteiger partial charge in [0.05, 0.1) is 0 Å². The molecule has 0 heterocycles. The van der Waals surface area contributed by atoms with Gasteiger partial charge in [0.1, 0.15) is 12.7 Å². The van der Waals surface area contributed by atoms with E-state index in [1.54, 1.807) is 0 Å². The van der Waals surface area contributed by atoms with Crippen LogP contribution in [0.15, 0.2) is 0 Å². The maximum Gasteiger partial charge on any atom is 0.293 e. The van der Waals surface area contributed by atoms with E-state index < -0.39 is 0 Å². The first kappa shape index (κ1) is 13.4. The Balaban J connectivity index is 3.35. The van der Waals surface area contributed by atoms with Crippen molar-refractivity contribution in [2.24, 2.45) is 0 Å². The molecule has 0 bridgehead atoms. The number of carbonyl (C=O) groups excluding carboxylic acids is 1. The average molecular weight is 204 g/mol. The van der Waals surface area contributed by atoms with Crippen LogP contribution in [0.2, 0.25) is 0 Å². The first-order chi connectivity index (χ1) is 6.85. The van der Waals surface area contributed by atoms with Crippen LogP contribution in [0, 0.1) is 0 Å². The van der Waals surface area contributed by atoms with Crippen molar-refractivity contribution >= 4 is 6.47 Å². The van der Waals surface area contributed by atoms with Gasteiger partial charge in [0.25, 0.3) is 6.47 Å². The molecule has 0 aromatic heterocycles. The Morgan fingerprint density at radius 1 is 1.29 bits per heavy atom. The molecule has 0 rings (SSSR count). The van der Waals surface area contributed by atoms with Crippen molar-refractivity contribution in [2.45, 2.75) is 51.6 Å². The maximum absolute atomic E-state index is 10.1. The van der Waals surface area contributed by atoms with E-state index in [9.17, 15) is 4.79 Å². The van der Waals surface area contributed by atoms with Crippen LogP contribution in [-0.4, -0.2) is 24.4 Å². The second-order valence-electron chi connectivity index (χ2n) is 3.35. The van der Waals surface area contributed by atoms with Gasteiger partial charge in [-0.15, -0.1) is 0 Å². The van der Waals surface area contributed by atoms with Crippen LogP contribution in [0.4, 0.5) is 0 Å². The SMILES string of the molecule is CCCCCCCC(COO)OC=O. The van der Waals surface area contributed by atoms with Crippen molar-refractivity contribution in [3.63, 3.8) is 0 Å². The van der Waals surface area contributed by atoms with Crippen LogP contribution in [0.5, 0.6) is 0 Å². The average Bonchev–Trinajstić information content (AvgIpc) is 2.18. The molecule has 0 radical (unpaired) electrons. The summed E-state index contributed by atoms with van der Waals surface area (Å²) in [5.74, 6) is 0. The summed E-state index contributed by atoms with van der Waals surface area (Å²) >= 11 is 0. The van der Waals surface area contributed by atoms with E-state index >= 15 is 0 Å². The molecule has 1 unspecified atom stereocenters. The predicted octanol–water partition coefficient (Wildman–Crippen LogP) is 2.38. The molecule has 0 aromatic rings. The van der Waals surface area contributed by atoms with Gasteiger partial charge in [-0.2, -0.15) is 0 Å². The van der Waals surface area contributed by atoms with E-state index in [2.05, 4.69) is 11.8 Å². The molecular weight excluding hydrogens is 184 g/mol. The third-order valence-electron chi connectivity index (χ3n) is 2.14. The molecule has 4 nitrogen and oxygen atoms in total. The van der Waals surface area contributed by atoms with E-state index in [0.29, 0.717) is 6.47 Å². The van der Waals surface area contributed by atoms with Crippen LogP contribution in [-0.2, 0) is 14.4 Å². The molecule has 0 aromatic carbocycles. The number of carbonyl (C=O) groups is 1. The summed E-state index contributed by atoms with van der Waals surface area (Å²) in [4.78, 5) is 14.0. The van der Waals surface area contributed by atoms with Gasteiger partial charge in [-0.3, -0.25) is 10.1 Å². The number of ether oxygens (including phenoxy) is 1.